The largest absolute Gasteiger partial charge is 0.494 e. The highest BCUT2D eigenvalue weighted by Gasteiger charge is 1.96. The van der Waals surface area contributed by atoms with Crippen molar-refractivity contribution in [2.45, 2.75) is 51.4 Å². The molecular weight excluding hydrogens is 388 g/mol. The van der Waals surface area contributed by atoms with E-state index in [0.29, 0.717) is 0 Å². The molecule has 0 radical (unpaired) electrons. The predicted molar refractivity (Wildman–Crippen MR) is 113 cm³/mol. The first-order valence-corrected chi connectivity index (χ1v) is 10.8. The van der Waals surface area contributed by atoms with E-state index in [2.05, 4.69) is 26.2 Å². The Morgan fingerprint density at radius 1 is 0.615 bits per heavy atom. The second-order valence-corrected chi connectivity index (χ2v) is 7.19. The monoisotopic (exact) mass is 416 g/mol. The summed E-state index contributed by atoms with van der Waals surface area (Å²) in [5.74, 6) is 0.901. The van der Waals surface area contributed by atoms with E-state index in [0.717, 1.165) is 35.5 Å². The molecule has 0 aliphatic carbocycles. The molecular formula is C22H29BrN2O. The number of alkyl halides is 1. The zero-order valence-electron chi connectivity index (χ0n) is 15.4. The molecule has 0 unspecified atom stereocenters. The molecule has 0 N–H and O–H groups in total. The lowest BCUT2D eigenvalue weighted by molar-refractivity contribution is 0.304. The molecule has 2 aromatic rings. The van der Waals surface area contributed by atoms with Crippen LogP contribution in [-0.2, 0) is 0 Å². The summed E-state index contributed by atoms with van der Waals surface area (Å²) < 4.78 is 5.81. The van der Waals surface area contributed by atoms with E-state index >= 15 is 0 Å². The van der Waals surface area contributed by atoms with Crippen molar-refractivity contribution in [1.82, 2.24) is 0 Å². The normalized spacial score (nSPS) is 11.1. The molecule has 0 aromatic heterocycles. The van der Waals surface area contributed by atoms with Gasteiger partial charge in [-0.3, -0.25) is 0 Å². The summed E-state index contributed by atoms with van der Waals surface area (Å²) >= 11 is 3.48. The maximum absolute atomic E-state index is 5.81. The topological polar surface area (TPSA) is 34.0 Å². The first kappa shape index (κ1) is 20.6. The van der Waals surface area contributed by atoms with Gasteiger partial charge in [0.2, 0.25) is 0 Å². The van der Waals surface area contributed by atoms with Gasteiger partial charge in [0.05, 0.1) is 18.0 Å². The first-order valence-electron chi connectivity index (χ1n) is 9.64. The molecule has 26 heavy (non-hydrogen) atoms. The van der Waals surface area contributed by atoms with Gasteiger partial charge in [0, 0.05) is 5.33 Å². The Morgan fingerprint density at radius 2 is 1.15 bits per heavy atom. The van der Waals surface area contributed by atoms with Crippen LogP contribution in [0.4, 0.5) is 11.4 Å². The van der Waals surface area contributed by atoms with Crippen molar-refractivity contribution in [1.29, 1.82) is 0 Å². The van der Waals surface area contributed by atoms with Crippen LogP contribution in [0.15, 0.2) is 64.8 Å². The number of unbranched alkanes of at least 4 members (excludes halogenated alkanes) is 7. The van der Waals surface area contributed by atoms with Gasteiger partial charge in [-0.1, -0.05) is 72.7 Å². The van der Waals surface area contributed by atoms with E-state index in [1.165, 1.54) is 44.9 Å². The van der Waals surface area contributed by atoms with E-state index in [1.54, 1.807) is 0 Å². The van der Waals surface area contributed by atoms with Gasteiger partial charge >= 0.3 is 0 Å². The molecule has 2 rings (SSSR count). The van der Waals surface area contributed by atoms with E-state index in [9.17, 15) is 0 Å². The minimum absolute atomic E-state index is 0.786. The first-order chi connectivity index (χ1) is 12.9. The zero-order valence-corrected chi connectivity index (χ0v) is 17.0. The highest BCUT2D eigenvalue weighted by Crippen LogP contribution is 2.21. The van der Waals surface area contributed by atoms with Crippen molar-refractivity contribution in [3.8, 4) is 5.75 Å². The molecule has 3 nitrogen and oxygen atoms in total. The van der Waals surface area contributed by atoms with Crippen molar-refractivity contribution < 1.29 is 4.74 Å². The summed E-state index contributed by atoms with van der Waals surface area (Å²) in [6, 6.07) is 17.5. The predicted octanol–water partition coefficient (Wildman–Crippen LogP) is 8.00. The molecule has 0 amide bonds. The van der Waals surface area contributed by atoms with Gasteiger partial charge in [0.1, 0.15) is 5.75 Å². The van der Waals surface area contributed by atoms with E-state index in [1.807, 2.05) is 54.6 Å². The van der Waals surface area contributed by atoms with Crippen LogP contribution in [-0.4, -0.2) is 11.9 Å². The molecule has 0 saturated carbocycles. The molecule has 2 aromatic carbocycles. The fourth-order valence-corrected chi connectivity index (χ4v) is 3.06. The molecule has 0 saturated heterocycles. The molecule has 0 spiro atoms. The molecule has 0 aliphatic rings. The Bertz CT molecular complexity index is 614. The average Bonchev–Trinajstić information content (AvgIpc) is 2.69. The smallest absolute Gasteiger partial charge is 0.119 e. The van der Waals surface area contributed by atoms with Gasteiger partial charge in [-0.15, -0.1) is 0 Å². The number of benzene rings is 2. The van der Waals surface area contributed by atoms with Crippen molar-refractivity contribution in [3.05, 3.63) is 54.6 Å². The number of halogens is 1. The van der Waals surface area contributed by atoms with Crippen molar-refractivity contribution >= 4 is 27.3 Å². The van der Waals surface area contributed by atoms with Gasteiger partial charge in [0.15, 0.2) is 0 Å². The molecule has 4 heteroatoms. The Kier molecular flexibility index (Phi) is 10.7. The van der Waals surface area contributed by atoms with Crippen LogP contribution in [0.2, 0.25) is 0 Å². The van der Waals surface area contributed by atoms with Crippen molar-refractivity contribution in [2.75, 3.05) is 11.9 Å². The number of hydrogen-bond donors (Lipinski definition) is 0. The Balaban J connectivity index is 1.56. The Labute approximate surface area is 166 Å². The highest BCUT2D eigenvalue weighted by atomic mass is 79.9. The lowest BCUT2D eigenvalue weighted by Crippen LogP contribution is -1.96. The lowest BCUT2D eigenvalue weighted by Gasteiger charge is -2.06. The number of nitrogens with zero attached hydrogens (tertiary/aromatic N) is 2. The average molecular weight is 417 g/mol. The summed E-state index contributed by atoms with van der Waals surface area (Å²) in [5.41, 5.74) is 1.69. The van der Waals surface area contributed by atoms with Crippen molar-refractivity contribution in [2.24, 2.45) is 10.2 Å². The second-order valence-electron chi connectivity index (χ2n) is 6.40. The maximum Gasteiger partial charge on any atom is 0.119 e. The minimum Gasteiger partial charge on any atom is -0.494 e. The quantitative estimate of drug-likeness (QED) is 0.185. The Morgan fingerprint density at radius 3 is 1.77 bits per heavy atom. The SMILES string of the molecule is BrCCCCCCCCCCOc1ccc(N=Nc2ccccc2)cc1. The number of ether oxygens (including phenoxy) is 1. The van der Waals surface area contributed by atoms with Crippen LogP contribution in [0.1, 0.15) is 51.4 Å². The van der Waals surface area contributed by atoms with Gasteiger partial charge in [0.25, 0.3) is 0 Å². The fraction of sp³-hybridized carbons (Fsp3) is 0.455. The minimum atomic E-state index is 0.786. The molecule has 0 fully saturated rings. The lowest BCUT2D eigenvalue weighted by atomic mass is 10.1. The third-order valence-corrected chi connectivity index (χ3v) is 4.73. The molecule has 0 bridgehead atoms. The number of hydrogen-bond acceptors (Lipinski definition) is 3. The van der Waals surface area contributed by atoms with E-state index in [-0.39, 0.29) is 0 Å². The van der Waals surface area contributed by atoms with Crippen LogP contribution in [0.5, 0.6) is 5.75 Å². The van der Waals surface area contributed by atoms with Gasteiger partial charge in [-0.25, -0.2) is 0 Å². The molecule has 140 valence electrons. The molecule has 0 heterocycles. The highest BCUT2D eigenvalue weighted by molar-refractivity contribution is 9.09. The summed E-state index contributed by atoms with van der Waals surface area (Å²) in [7, 11) is 0. The summed E-state index contributed by atoms with van der Waals surface area (Å²) in [4.78, 5) is 0. The standard InChI is InChI=1S/C22H29BrN2O/c23-18-10-5-3-1-2-4-6-11-19-26-22-16-14-21(15-17-22)25-24-20-12-8-7-9-13-20/h7-9,12-17H,1-6,10-11,18-19H2. The zero-order chi connectivity index (χ0) is 18.3. The third-order valence-electron chi connectivity index (χ3n) is 4.17. The van der Waals surface area contributed by atoms with Gasteiger partial charge < -0.3 is 4.74 Å². The van der Waals surface area contributed by atoms with E-state index in [4.69, 9.17) is 4.74 Å². The summed E-state index contributed by atoms with van der Waals surface area (Å²) in [6.45, 7) is 0.786. The van der Waals surface area contributed by atoms with Crippen molar-refractivity contribution in [3.63, 3.8) is 0 Å². The second kappa shape index (κ2) is 13.5. The summed E-state index contributed by atoms with van der Waals surface area (Å²) in [6.07, 6.45) is 10.4. The third kappa shape index (κ3) is 9.14. The van der Waals surface area contributed by atoms with Crippen LogP contribution < -0.4 is 4.74 Å². The Hall–Kier alpha value is -1.68. The van der Waals surface area contributed by atoms with Crippen LogP contribution in [0, 0.1) is 0 Å². The van der Waals surface area contributed by atoms with Crippen LogP contribution in [0.25, 0.3) is 0 Å². The fourth-order valence-electron chi connectivity index (χ4n) is 2.67. The number of rotatable bonds is 13. The van der Waals surface area contributed by atoms with Crippen LogP contribution in [0.3, 0.4) is 0 Å². The summed E-state index contributed by atoms with van der Waals surface area (Å²) in [5, 5.41) is 9.60. The molecule has 0 atom stereocenters. The number of azo groups is 1. The maximum atomic E-state index is 5.81. The van der Waals surface area contributed by atoms with Gasteiger partial charge in [-0.05, 0) is 49.2 Å². The van der Waals surface area contributed by atoms with Gasteiger partial charge in [-0.2, -0.15) is 10.2 Å². The molecule has 0 aliphatic heterocycles. The van der Waals surface area contributed by atoms with Crippen LogP contribution >= 0.6 is 15.9 Å². The van der Waals surface area contributed by atoms with E-state index < -0.39 is 0 Å².